The number of hydrogen-bond donors (Lipinski definition) is 1. The number of para-hydroxylation sites is 1. The smallest absolute Gasteiger partial charge is 0.419 e. The molecule has 196 valence electrons. The number of benzene rings is 3. The minimum atomic E-state index is -4.89. The van der Waals surface area contributed by atoms with Crippen LogP contribution >= 0.6 is 12.2 Å². The Labute approximate surface area is 224 Å². The Balaban J connectivity index is 1.39. The van der Waals surface area contributed by atoms with Gasteiger partial charge in [-0.3, -0.25) is 19.8 Å². The summed E-state index contributed by atoms with van der Waals surface area (Å²) in [5, 5.41) is 2.31. The molecule has 1 saturated heterocycles. The number of amides is 2. The van der Waals surface area contributed by atoms with E-state index in [0.29, 0.717) is 29.3 Å². The Morgan fingerprint density at radius 1 is 0.897 bits per heavy atom. The van der Waals surface area contributed by atoms with Gasteiger partial charge in [-0.2, -0.15) is 13.2 Å². The SMILES string of the molecule is O=C1NC(=S)N(c2ccc(Oc3ccccc3)cc2)C(=O)/C1=C/c1ccc(-c2ccc(F)c(C(F)(F)F)c2)o1. The third-order valence-corrected chi connectivity index (χ3v) is 5.93. The van der Waals surface area contributed by atoms with Crippen LogP contribution in [0.3, 0.4) is 0 Å². The number of ether oxygens (including phenoxy) is 1. The zero-order valence-electron chi connectivity index (χ0n) is 19.7. The second kappa shape index (κ2) is 10.2. The van der Waals surface area contributed by atoms with Crippen molar-refractivity contribution in [3.8, 4) is 22.8 Å². The molecule has 0 atom stereocenters. The first-order valence-electron chi connectivity index (χ1n) is 11.3. The third kappa shape index (κ3) is 5.43. The normalized spacial score (nSPS) is 15.0. The van der Waals surface area contributed by atoms with E-state index in [-0.39, 0.29) is 27.8 Å². The van der Waals surface area contributed by atoms with Crippen molar-refractivity contribution in [2.45, 2.75) is 6.18 Å². The van der Waals surface area contributed by atoms with Crippen LogP contribution in [-0.2, 0) is 15.8 Å². The summed E-state index contributed by atoms with van der Waals surface area (Å²) >= 11 is 5.21. The van der Waals surface area contributed by atoms with Gasteiger partial charge in [0.15, 0.2) is 5.11 Å². The molecular weight excluding hydrogens is 536 g/mol. The number of carbonyl (C=O) groups is 2. The van der Waals surface area contributed by atoms with Crippen molar-refractivity contribution in [3.05, 3.63) is 108 Å². The lowest BCUT2D eigenvalue weighted by atomic mass is 10.1. The highest BCUT2D eigenvalue weighted by molar-refractivity contribution is 7.80. The van der Waals surface area contributed by atoms with E-state index in [1.807, 2.05) is 18.2 Å². The van der Waals surface area contributed by atoms with Crippen molar-refractivity contribution >= 4 is 40.9 Å². The Morgan fingerprint density at radius 2 is 1.59 bits per heavy atom. The number of nitrogens with one attached hydrogen (secondary N) is 1. The van der Waals surface area contributed by atoms with Gasteiger partial charge < -0.3 is 9.15 Å². The molecule has 5 rings (SSSR count). The molecule has 0 bridgehead atoms. The first-order valence-corrected chi connectivity index (χ1v) is 11.7. The second-order valence-corrected chi connectivity index (χ2v) is 8.65. The van der Waals surface area contributed by atoms with E-state index in [1.165, 1.54) is 12.1 Å². The number of nitrogens with zero attached hydrogens (tertiary/aromatic N) is 1. The number of furan rings is 1. The van der Waals surface area contributed by atoms with Crippen LogP contribution in [0.15, 0.2) is 94.9 Å². The largest absolute Gasteiger partial charge is 0.457 e. The van der Waals surface area contributed by atoms with Gasteiger partial charge in [-0.1, -0.05) is 18.2 Å². The predicted octanol–water partition coefficient (Wildman–Crippen LogP) is 6.73. The topological polar surface area (TPSA) is 71.8 Å². The van der Waals surface area contributed by atoms with Crippen LogP contribution in [0.2, 0.25) is 0 Å². The Hall–Kier alpha value is -4.77. The fraction of sp³-hybridized carbons (Fsp3) is 0.0357. The molecule has 2 amide bonds. The monoisotopic (exact) mass is 552 g/mol. The number of anilines is 1. The average Bonchev–Trinajstić information content (AvgIpc) is 3.36. The average molecular weight is 553 g/mol. The highest BCUT2D eigenvalue weighted by Crippen LogP contribution is 2.35. The van der Waals surface area contributed by atoms with Crippen molar-refractivity contribution in [2.75, 3.05) is 4.90 Å². The van der Waals surface area contributed by atoms with Gasteiger partial charge in [0.1, 0.15) is 34.4 Å². The Bertz CT molecular complexity index is 1610. The van der Waals surface area contributed by atoms with Crippen LogP contribution in [-0.4, -0.2) is 16.9 Å². The van der Waals surface area contributed by atoms with Crippen molar-refractivity contribution in [1.82, 2.24) is 5.32 Å². The molecule has 0 unspecified atom stereocenters. The fourth-order valence-corrected chi connectivity index (χ4v) is 4.08. The molecule has 4 aromatic rings. The van der Waals surface area contributed by atoms with Gasteiger partial charge in [0.25, 0.3) is 11.8 Å². The molecule has 1 aliphatic heterocycles. The number of alkyl halides is 3. The molecule has 2 heterocycles. The van der Waals surface area contributed by atoms with E-state index in [4.69, 9.17) is 21.4 Å². The summed E-state index contributed by atoms with van der Waals surface area (Å²) in [5.74, 6) is -1.79. The molecule has 0 radical (unpaired) electrons. The van der Waals surface area contributed by atoms with E-state index in [9.17, 15) is 27.2 Å². The van der Waals surface area contributed by atoms with Crippen LogP contribution in [0.1, 0.15) is 11.3 Å². The quantitative estimate of drug-likeness (QED) is 0.129. The molecule has 1 N–H and O–H groups in total. The van der Waals surface area contributed by atoms with Gasteiger partial charge in [-0.15, -0.1) is 0 Å². The highest BCUT2D eigenvalue weighted by Gasteiger charge is 2.36. The lowest BCUT2D eigenvalue weighted by Crippen LogP contribution is -2.54. The molecule has 3 aromatic carbocycles. The van der Waals surface area contributed by atoms with Crippen LogP contribution in [0.4, 0.5) is 23.2 Å². The summed E-state index contributed by atoms with van der Waals surface area (Å²) in [7, 11) is 0. The first kappa shape index (κ1) is 25.9. The van der Waals surface area contributed by atoms with Crippen LogP contribution < -0.4 is 15.0 Å². The Kier molecular flexibility index (Phi) is 6.75. The van der Waals surface area contributed by atoms with Crippen molar-refractivity contribution in [3.63, 3.8) is 0 Å². The number of carbonyl (C=O) groups excluding carboxylic acids is 2. The second-order valence-electron chi connectivity index (χ2n) is 8.26. The van der Waals surface area contributed by atoms with Gasteiger partial charge >= 0.3 is 6.18 Å². The summed E-state index contributed by atoms with van der Waals surface area (Å²) in [6.45, 7) is 0. The summed E-state index contributed by atoms with van der Waals surface area (Å²) < 4.78 is 64.2. The molecule has 1 fully saturated rings. The molecule has 39 heavy (non-hydrogen) atoms. The third-order valence-electron chi connectivity index (χ3n) is 5.65. The van der Waals surface area contributed by atoms with Gasteiger partial charge in [-0.25, -0.2) is 4.39 Å². The molecule has 0 spiro atoms. The lowest BCUT2D eigenvalue weighted by Gasteiger charge is -2.28. The molecule has 1 aliphatic rings. The van der Waals surface area contributed by atoms with Gasteiger partial charge in [0.2, 0.25) is 0 Å². The molecule has 0 saturated carbocycles. The summed E-state index contributed by atoms with van der Waals surface area (Å²) in [5.41, 5.74) is -1.43. The maximum atomic E-state index is 13.6. The van der Waals surface area contributed by atoms with E-state index in [2.05, 4.69) is 5.32 Å². The van der Waals surface area contributed by atoms with Gasteiger partial charge in [0.05, 0.1) is 11.3 Å². The van der Waals surface area contributed by atoms with E-state index < -0.39 is 29.4 Å². The molecule has 1 aromatic heterocycles. The van der Waals surface area contributed by atoms with Crippen LogP contribution in [0.5, 0.6) is 11.5 Å². The van der Waals surface area contributed by atoms with Crippen molar-refractivity contribution < 1.29 is 36.3 Å². The summed E-state index contributed by atoms with van der Waals surface area (Å²) in [4.78, 5) is 27.0. The van der Waals surface area contributed by atoms with Crippen molar-refractivity contribution in [1.29, 1.82) is 0 Å². The minimum Gasteiger partial charge on any atom is -0.457 e. The number of rotatable bonds is 5. The van der Waals surface area contributed by atoms with Crippen molar-refractivity contribution in [2.24, 2.45) is 0 Å². The summed E-state index contributed by atoms with van der Waals surface area (Å²) in [6, 6.07) is 20.7. The summed E-state index contributed by atoms with van der Waals surface area (Å²) in [6.07, 6.45) is -3.74. The number of thiocarbonyl (C=S) groups is 1. The minimum absolute atomic E-state index is 0.0146. The lowest BCUT2D eigenvalue weighted by molar-refractivity contribution is -0.140. The maximum absolute atomic E-state index is 13.6. The van der Waals surface area contributed by atoms with Gasteiger partial charge in [0, 0.05) is 5.56 Å². The number of hydrogen-bond acceptors (Lipinski definition) is 5. The van der Waals surface area contributed by atoms with Crippen LogP contribution in [0.25, 0.3) is 17.4 Å². The van der Waals surface area contributed by atoms with E-state index >= 15 is 0 Å². The molecule has 0 aliphatic carbocycles. The molecule has 6 nitrogen and oxygen atoms in total. The maximum Gasteiger partial charge on any atom is 0.419 e. The zero-order valence-corrected chi connectivity index (χ0v) is 20.5. The van der Waals surface area contributed by atoms with E-state index in [1.54, 1.807) is 36.4 Å². The zero-order chi connectivity index (χ0) is 27.7. The van der Waals surface area contributed by atoms with E-state index in [0.717, 1.165) is 17.0 Å². The van der Waals surface area contributed by atoms with Crippen LogP contribution in [0, 0.1) is 5.82 Å². The number of halogens is 4. The molecular formula is C28H16F4N2O4S. The van der Waals surface area contributed by atoms with Gasteiger partial charge in [-0.05, 0) is 85.0 Å². The highest BCUT2D eigenvalue weighted by atomic mass is 32.1. The predicted molar refractivity (Wildman–Crippen MR) is 138 cm³/mol. The standard InChI is InChI=1S/C28H16F4N2O4S/c29-23-12-6-16(14-22(23)28(30,31)32)24-13-11-20(38-24)15-21-25(35)33-27(39)34(26(21)36)17-7-9-19(10-8-17)37-18-4-2-1-3-5-18/h1-15H,(H,33,35,39)/b21-15+. The Morgan fingerprint density at radius 3 is 2.28 bits per heavy atom. The molecule has 11 heteroatoms. The first-order chi connectivity index (χ1) is 18.6. The fourth-order valence-electron chi connectivity index (χ4n) is 3.80.